The van der Waals surface area contributed by atoms with Crippen LogP contribution in [0.5, 0.6) is 0 Å². The van der Waals surface area contributed by atoms with E-state index in [0.717, 1.165) is 25.7 Å². The van der Waals surface area contributed by atoms with Gasteiger partial charge in [-0.15, -0.1) is 0 Å². The number of halogens is 2. The zero-order valence-corrected chi connectivity index (χ0v) is 16.4. The highest BCUT2D eigenvalue weighted by Crippen LogP contribution is 2.27. The maximum Gasteiger partial charge on any atom is 0.254 e. The highest BCUT2D eigenvalue weighted by Gasteiger charge is 2.21. The lowest BCUT2D eigenvalue weighted by Gasteiger charge is -2.21. The average molecular weight is 418 g/mol. The SMILES string of the molecule is NC(=O)c1cnn2cccnc12.O=C(Nc1ccc(F)cc1Cl)C1CCCCC1. The molecule has 2 aromatic heterocycles. The lowest BCUT2D eigenvalue weighted by atomic mass is 9.88. The highest BCUT2D eigenvalue weighted by atomic mass is 35.5. The summed E-state index contributed by atoms with van der Waals surface area (Å²) in [5.74, 6) is -0.836. The number of hydrogen-bond donors (Lipinski definition) is 2. The topological polar surface area (TPSA) is 102 Å². The summed E-state index contributed by atoms with van der Waals surface area (Å²) in [6, 6.07) is 5.73. The molecule has 152 valence electrons. The molecule has 1 aromatic carbocycles. The largest absolute Gasteiger partial charge is 0.365 e. The summed E-state index contributed by atoms with van der Waals surface area (Å²) in [7, 11) is 0. The van der Waals surface area contributed by atoms with Crippen molar-refractivity contribution in [1.82, 2.24) is 14.6 Å². The van der Waals surface area contributed by atoms with Crippen molar-refractivity contribution in [2.45, 2.75) is 32.1 Å². The molecule has 9 heteroatoms. The highest BCUT2D eigenvalue weighted by molar-refractivity contribution is 6.33. The van der Waals surface area contributed by atoms with Crippen molar-refractivity contribution in [2.24, 2.45) is 11.7 Å². The molecular formula is C20H21ClFN5O2. The summed E-state index contributed by atoms with van der Waals surface area (Å²) in [4.78, 5) is 26.7. The Kier molecular flexibility index (Phi) is 6.77. The van der Waals surface area contributed by atoms with E-state index in [9.17, 15) is 14.0 Å². The Morgan fingerprint density at radius 1 is 1.24 bits per heavy atom. The second kappa shape index (κ2) is 9.47. The van der Waals surface area contributed by atoms with Crippen LogP contribution in [0.4, 0.5) is 10.1 Å². The lowest BCUT2D eigenvalue weighted by molar-refractivity contribution is -0.120. The second-order valence-corrected chi connectivity index (χ2v) is 7.17. The van der Waals surface area contributed by atoms with Gasteiger partial charge in [0, 0.05) is 18.3 Å². The predicted octanol–water partition coefficient (Wildman–Crippen LogP) is 3.83. The normalized spacial score (nSPS) is 14.1. The van der Waals surface area contributed by atoms with Crippen molar-refractivity contribution in [3.63, 3.8) is 0 Å². The molecule has 0 aliphatic heterocycles. The monoisotopic (exact) mass is 417 g/mol. The first kappa shape index (κ1) is 20.7. The molecule has 0 radical (unpaired) electrons. The van der Waals surface area contributed by atoms with Crippen LogP contribution in [0.1, 0.15) is 42.5 Å². The lowest BCUT2D eigenvalue weighted by Crippen LogP contribution is -2.24. The van der Waals surface area contributed by atoms with Crippen LogP contribution in [0.2, 0.25) is 5.02 Å². The van der Waals surface area contributed by atoms with Crippen molar-refractivity contribution in [2.75, 3.05) is 5.32 Å². The number of aromatic nitrogens is 3. The van der Waals surface area contributed by atoms with Gasteiger partial charge in [0.15, 0.2) is 5.65 Å². The number of carbonyl (C=O) groups excluding carboxylic acids is 2. The number of benzene rings is 1. The van der Waals surface area contributed by atoms with Gasteiger partial charge in [0.2, 0.25) is 5.91 Å². The fourth-order valence-electron chi connectivity index (χ4n) is 3.19. The molecule has 1 aliphatic carbocycles. The van der Waals surface area contributed by atoms with Crippen molar-refractivity contribution < 1.29 is 14.0 Å². The van der Waals surface area contributed by atoms with Crippen LogP contribution in [0.15, 0.2) is 42.9 Å². The predicted molar refractivity (Wildman–Crippen MR) is 108 cm³/mol. The number of rotatable bonds is 3. The molecule has 1 saturated carbocycles. The smallest absolute Gasteiger partial charge is 0.254 e. The van der Waals surface area contributed by atoms with E-state index in [1.54, 1.807) is 18.5 Å². The third-order valence-corrected chi connectivity index (χ3v) is 5.02. The van der Waals surface area contributed by atoms with Crippen LogP contribution in [0, 0.1) is 11.7 Å². The van der Waals surface area contributed by atoms with Crippen molar-refractivity contribution in [3.05, 3.63) is 59.3 Å². The number of hydrogen-bond acceptors (Lipinski definition) is 4. The molecule has 3 aromatic rings. The van der Waals surface area contributed by atoms with Gasteiger partial charge in [-0.3, -0.25) is 9.59 Å². The summed E-state index contributed by atoms with van der Waals surface area (Å²) in [5.41, 5.74) is 6.42. The number of fused-ring (bicyclic) bond motifs is 1. The molecule has 0 saturated heterocycles. The number of amides is 2. The van der Waals surface area contributed by atoms with Gasteiger partial charge in [-0.25, -0.2) is 13.9 Å². The molecule has 0 atom stereocenters. The van der Waals surface area contributed by atoms with E-state index in [2.05, 4.69) is 15.4 Å². The Hall–Kier alpha value is -3.00. The van der Waals surface area contributed by atoms with Gasteiger partial charge >= 0.3 is 0 Å². The first-order chi connectivity index (χ1) is 14.0. The minimum Gasteiger partial charge on any atom is -0.365 e. The van der Waals surface area contributed by atoms with Gasteiger partial charge in [0.25, 0.3) is 5.91 Å². The van der Waals surface area contributed by atoms with Gasteiger partial charge < -0.3 is 11.1 Å². The molecule has 0 spiro atoms. The molecule has 1 aliphatic rings. The molecule has 4 rings (SSSR count). The summed E-state index contributed by atoms with van der Waals surface area (Å²) in [6.07, 6.45) is 9.99. The van der Waals surface area contributed by atoms with E-state index < -0.39 is 11.7 Å². The zero-order valence-electron chi connectivity index (χ0n) is 15.6. The maximum absolute atomic E-state index is 12.8. The molecule has 1 fully saturated rings. The summed E-state index contributed by atoms with van der Waals surface area (Å²) in [6.45, 7) is 0. The van der Waals surface area contributed by atoms with Crippen LogP contribution < -0.4 is 11.1 Å². The number of carbonyl (C=O) groups is 2. The molecule has 7 nitrogen and oxygen atoms in total. The third-order valence-electron chi connectivity index (χ3n) is 4.71. The summed E-state index contributed by atoms with van der Waals surface area (Å²) >= 11 is 5.86. The van der Waals surface area contributed by atoms with E-state index in [0.29, 0.717) is 16.9 Å². The molecule has 2 amide bonds. The molecule has 0 unspecified atom stereocenters. The summed E-state index contributed by atoms with van der Waals surface area (Å²) < 4.78 is 14.3. The third kappa shape index (κ3) is 5.29. The van der Waals surface area contributed by atoms with Crippen LogP contribution in [0.25, 0.3) is 5.65 Å². The first-order valence-corrected chi connectivity index (χ1v) is 9.67. The molecular weight excluding hydrogens is 397 g/mol. The van der Waals surface area contributed by atoms with Crippen LogP contribution in [0.3, 0.4) is 0 Å². The minimum absolute atomic E-state index is 0.00166. The van der Waals surface area contributed by atoms with E-state index in [4.69, 9.17) is 17.3 Å². The van der Waals surface area contributed by atoms with E-state index in [1.165, 1.54) is 35.3 Å². The van der Waals surface area contributed by atoms with Gasteiger partial charge in [0.1, 0.15) is 11.4 Å². The van der Waals surface area contributed by atoms with E-state index >= 15 is 0 Å². The number of nitrogens with one attached hydrogen (secondary N) is 1. The van der Waals surface area contributed by atoms with Crippen molar-refractivity contribution in [1.29, 1.82) is 0 Å². The number of nitrogens with zero attached hydrogens (tertiary/aromatic N) is 3. The van der Waals surface area contributed by atoms with E-state index in [1.807, 2.05) is 0 Å². The fraction of sp³-hybridized carbons (Fsp3) is 0.300. The van der Waals surface area contributed by atoms with Crippen molar-refractivity contribution in [3.8, 4) is 0 Å². The van der Waals surface area contributed by atoms with Gasteiger partial charge in [0.05, 0.1) is 16.9 Å². The quantitative estimate of drug-likeness (QED) is 0.676. The Bertz CT molecular complexity index is 1020. The van der Waals surface area contributed by atoms with Gasteiger partial charge in [-0.1, -0.05) is 30.9 Å². The van der Waals surface area contributed by atoms with Gasteiger partial charge in [-0.05, 0) is 37.1 Å². The molecule has 2 heterocycles. The Balaban J connectivity index is 0.000000176. The average Bonchev–Trinajstić information content (AvgIpc) is 3.16. The van der Waals surface area contributed by atoms with Gasteiger partial charge in [-0.2, -0.15) is 5.10 Å². The number of nitrogens with two attached hydrogens (primary N) is 1. The number of anilines is 1. The first-order valence-electron chi connectivity index (χ1n) is 9.30. The van der Waals surface area contributed by atoms with Crippen molar-refractivity contribution >= 4 is 34.7 Å². The number of primary amides is 1. The Labute approximate surface area is 172 Å². The van der Waals surface area contributed by atoms with E-state index in [-0.39, 0.29) is 16.8 Å². The van der Waals surface area contributed by atoms with Crippen LogP contribution >= 0.6 is 11.6 Å². The summed E-state index contributed by atoms with van der Waals surface area (Å²) in [5, 5.41) is 6.91. The Morgan fingerprint density at radius 3 is 2.69 bits per heavy atom. The second-order valence-electron chi connectivity index (χ2n) is 6.76. The molecule has 29 heavy (non-hydrogen) atoms. The molecule has 0 bridgehead atoms. The fourth-order valence-corrected chi connectivity index (χ4v) is 3.41. The Morgan fingerprint density at radius 2 is 2.00 bits per heavy atom. The zero-order chi connectivity index (χ0) is 20.8. The molecule has 3 N–H and O–H groups in total. The maximum atomic E-state index is 12.8. The standard InChI is InChI=1S/C13H15ClFNO.C7H6N4O/c14-11-8-10(15)6-7-12(11)16-13(17)9-4-2-1-3-5-9;8-6(12)5-4-10-11-3-1-2-9-7(5)11/h6-9H,1-5H2,(H,16,17);1-4H,(H2,8,12). The van der Waals surface area contributed by atoms with Crippen LogP contribution in [-0.4, -0.2) is 26.4 Å². The van der Waals surface area contributed by atoms with Crippen LogP contribution in [-0.2, 0) is 4.79 Å². The minimum atomic E-state index is -0.510.